The van der Waals surface area contributed by atoms with Crippen molar-refractivity contribution in [1.29, 1.82) is 0 Å². The van der Waals surface area contributed by atoms with Gasteiger partial charge >= 0.3 is 0 Å². The van der Waals surface area contributed by atoms with E-state index in [4.69, 9.17) is 19.9 Å². The second-order valence-electron chi connectivity index (χ2n) is 3.99. The summed E-state index contributed by atoms with van der Waals surface area (Å²) in [5, 5.41) is 0. The zero-order valence-electron chi connectivity index (χ0n) is 11.1. The molecule has 4 heteroatoms. The Kier molecular flexibility index (Phi) is 8.21. The lowest BCUT2D eigenvalue weighted by Crippen LogP contribution is -2.07. The molecule has 0 bridgehead atoms. The minimum atomic E-state index is 0.641. The summed E-state index contributed by atoms with van der Waals surface area (Å²) < 4.78 is 15.9. The van der Waals surface area contributed by atoms with E-state index in [1.54, 1.807) is 7.11 Å². The molecule has 0 spiro atoms. The monoisotopic (exact) mass is 253 g/mol. The third kappa shape index (κ3) is 6.59. The van der Waals surface area contributed by atoms with Crippen LogP contribution in [0.5, 0.6) is 5.75 Å². The van der Waals surface area contributed by atoms with Crippen LogP contribution in [0.2, 0.25) is 0 Å². The maximum atomic E-state index is 5.65. The fourth-order valence-electron chi connectivity index (χ4n) is 1.55. The molecule has 4 nitrogen and oxygen atoms in total. The molecule has 102 valence electrons. The lowest BCUT2D eigenvalue weighted by Gasteiger charge is -2.08. The van der Waals surface area contributed by atoms with Gasteiger partial charge in [-0.2, -0.15) is 0 Å². The number of ether oxygens (including phenoxy) is 3. The van der Waals surface area contributed by atoms with Gasteiger partial charge in [0.15, 0.2) is 0 Å². The maximum absolute atomic E-state index is 5.65. The predicted molar refractivity (Wildman–Crippen MR) is 72.0 cm³/mol. The smallest absolute Gasteiger partial charge is 0.119 e. The Morgan fingerprint density at radius 3 is 2.78 bits per heavy atom. The van der Waals surface area contributed by atoms with Crippen molar-refractivity contribution < 1.29 is 14.2 Å². The molecule has 0 aliphatic heterocycles. The van der Waals surface area contributed by atoms with Crippen molar-refractivity contribution in [2.75, 3.05) is 40.1 Å². The van der Waals surface area contributed by atoms with E-state index in [-0.39, 0.29) is 0 Å². The van der Waals surface area contributed by atoms with Crippen molar-refractivity contribution in [3.8, 4) is 5.75 Å². The number of nitrogens with two attached hydrogens (primary N) is 1. The van der Waals surface area contributed by atoms with Gasteiger partial charge in [-0.15, -0.1) is 0 Å². The van der Waals surface area contributed by atoms with Crippen LogP contribution in [-0.2, 0) is 15.9 Å². The van der Waals surface area contributed by atoms with Crippen LogP contribution >= 0.6 is 0 Å². The summed E-state index contributed by atoms with van der Waals surface area (Å²) in [5.74, 6) is 0.901. The molecule has 0 heterocycles. The van der Waals surface area contributed by atoms with Crippen molar-refractivity contribution >= 4 is 0 Å². The summed E-state index contributed by atoms with van der Waals surface area (Å²) in [4.78, 5) is 0. The highest BCUT2D eigenvalue weighted by Gasteiger charge is 1.96. The zero-order chi connectivity index (χ0) is 13.1. The lowest BCUT2D eigenvalue weighted by atomic mass is 10.1. The first kappa shape index (κ1) is 15.0. The highest BCUT2D eigenvalue weighted by Crippen LogP contribution is 2.13. The highest BCUT2D eigenvalue weighted by atomic mass is 16.5. The molecule has 0 radical (unpaired) electrons. The third-order valence-electron chi connectivity index (χ3n) is 2.46. The van der Waals surface area contributed by atoms with Crippen LogP contribution in [0.1, 0.15) is 12.0 Å². The molecule has 0 amide bonds. The molecule has 0 aromatic heterocycles. The van der Waals surface area contributed by atoms with Crippen molar-refractivity contribution in [1.82, 2.24) is 0 Å². The van der Waals surface area contributed by atoms with Crippen LogP contribution in [0.3, 0.4) is 0 Å². The Bertz CT molecular complexity index is 318. The van der Waals surface area contributed by atoms with Crippen LogP contribution in [0.15, 0.2) is 24.3 Å². The van der Waals surface area contributed by atoms with Crippen LogP contribution in [0, 0.1) is 0 Å². The van der Waals surface area contributed by atoms with Crippen molar-refractivity contribution in [2.45, 2.75) is 12.8 Å². The summed E-state index contributed by atoms with van der Waals surface area (Å²) in [6.07, 6.45) is 1.77. The van der Waals surface area contributed by atoms with E-state index in [2.05, 4.69) is 6.07 Å². The van der Waals surface area contributed by atoms with Gasteiger partial charge in [0.25, 0.3) is 0 Å². The van der Waals surface area contributed by atoms with E-state index in [0.717, 1.165) is 18.6 Å². The Labute approximate surface area is 109 Å². The molecule has 0 atom stereocenters. The van der Waals surface area contributed by atoms with Crippen LogP contribution < -0.4 is 10.5 Å². The molecule has 0 unspecified atom stereocenters. The first-order valence-corrected chi connectivity index (χ1v) is 6.35. The van der Waals surface area contributed by atoms with Gasteiger partial charge < -0.3 is 19.9 Å². The van der Waals surface area contributed by atoms with E-state index in [0.29, 0.717) is 33.0 Å². The average Bonchev–Trinajstić information content (AvgIpc) is 2.39. The molecule has 0 saturated carbocycles. The molecule has 18 heavy (non-hydrogen) atoms. The van der Waals surface area contributed by atoms with Gasteiger partial charge in [0.1, 0.15) is 5.75 Å². The van der Waals surface area contributed by atoms with Gasteiger partial charge in [0.05, 0.1) is 19.8 Å². The zero-order valence-corrected chi connectivity index (χ0v) is 11.1. The summed E-state index contributed by atoms with van der Waals surface area (Å²) in [6.45, 7) is 3.31. The van der Waals surface area contributed by atoms with E-state index in [9.17, 15) is 0 Å². The number of benzene rings is 1. The van der Waals surface area contributed by atoms with Gasteiger partial charge in [0, 0.05) is 20.1 Å². The molecular formula is C14H23NO3. The summed E-state index contributed by atoms with van der Waals surface area (Å²) >= 11 is 0. The first-order chi connectivity index (χ1) is 8.86. The van der Waals surface area contributed by atoms with Crippen molar-refractivity contribution in [2.24, 2.45) is 5.73 Å². The fraction of sp³-hybridized carbons (Fsp3) is 0.571. The van der Waals surface area contributed by atoms with Gasteiger partial charge in [0.2, 0.25) is 0 Å². The normalized spacial score (nSPS) is 10.6. The Balaban J connectivity index is 2.13. The number of hydrogen-bond donors (Lipinski definition) is 1. The molecule has 0 saturated heterocycles. The van der Waals surface area contributed by atoms with Gasteiger partial charge in [-0.3, -0.25) is 0 Å². The quantitative estimate of drug-likeness (QED) is 0.644. The number of rotatable bonds is 10. The first-order valence-electron chi connectivity index (χ1n) is 6.35. The van der Waals surface area contributed by atoms with Gasteiger partial charge in [-0.1, -0.05) is 12.1 Å². The molecule has 0 aliphatic carbocycles. The van der Waals surface area contributed by atoms with Crippen LogP contribution in [-0.4, -0.2) is 40.1 Å². The van der Waals surface area contributed by atoms with E-state index >= 15 is 0 Å². The molecule has 1 aromatic rings. The second kappa shape index (κ2) is 9.88. The molecule has 0 aliphatic rings. The standard InChI is InChI=1S/C14H23NO3/c1-16-10-11-17-8-3-9-18-14-5-2-4-13(12-14)6-7-15/h2,4-5,12H,3,6-11,15H2,1H3. The average molecular weight is 253 g/mol. The number of hydrogen-bond acceptors (Lipinski definition) is 4. The molecule has 0 fully saturated rings. The minimum absolute atomic E-state index is 0.641. The van der Waals surface area contributed by atoms with Gasteiger partial charge in [-0.05, 0) is 30.7 Å². The van der Waals surface area contributed by atoms with E-state index in [1.807, 2.05) is 18.2 Å². The predicted octanol–water partition coefficient (Wildman–Crippen LogP) is 1.62. The molecular weight excluding hydrogens is 230 g/mol. The Morgan fingerprint density at radius 2 is 2.00 bits per heavy atom. The Morgan fingerprint density at radius 1 is 1.11 bits per heavy atom. The molecule has 1 rings (SSSR count). The third-order valence-corrected chi connectivity index (χ3v) is 2.46. The fourth-order valence-corrected chi connectivity index (χ4v) is 1.55. The molecule has 2 N–H and O–H groups in total. The van der Waals surface area contributed by atoms with Crippen molar-refractivity contribution in [3.05, 3.63) is 29.8 Å². The molecule has 1 aromatic carbocycles. The summed E-state index contributed by atoms with van der Waals surface area (Å²) in [6, 6.07) is 8.06. The SMILES string of the molecule is COCCOCCCOc1cccc(CCN)c1. The van der Waals surface area contributed by atoms with E-state index in [1.165, 1.54) is 5.56 Å². The largest absolute Gasteiger partial charge is 0.493 e. The van der Waals surface area contributed by atoms with Crippen molar-refractivity contribution in [3.63, 3.8) is 0 Å². The topological polar surface area (TPSA) is 53.7 Å². The summed E-state index contributed by atoms with van der Waals surface area (Å²) in [5.41, 5.74) is 6.74. The maximum Gasteiger partial charge on any atom is 0.119 e. The van der Waals surface area contributed by atoms with Gasteiger partial charge in [-0.25, -0.2) is 0 Å². The van der Waals surface area contributed by atoms with Crippen LogP contribution in [0.25, 0.3) is 0 Å². The number of methoxy groups -OCH3 is 1. The minimum Gasteiger partial charge on any atom is -0.493 e. The second-order valence-corrected chi connectivity index (χ2v) is 3.99. The van der Waals surface area contributed by atoms with E-state index < -0.39 is 0 Å². The lowest BCUT2D eigenvalue weighted by molar-refractivity contribution is 0.0644. The Hall–Kier alpha value is -1.10. The van der Waals surface area contributed by atoms with Crippen LogP contribution in [0.4, 0.5) is 0 Å². The highest BCUT2D eigenvalue weighted by molar-refractivity contribution is 5.28. The summed E-state index contributed by atoms with van der Waals surface area (Å²) in [7, 11) is 1.67.